The fourth-order valence-electron chi connectivity index (χ4n) is 7.84. The lowest BCUT2D eigenvalue weighted by Gasteiger charge is -2.37. The molecule has 1 aliphatic rings. The van der Waals surface area contributed by atoms with Crippen molar-refractivity contribution in [2.24, 2.45) is 0 Å². The second kappa shape index (κ2) is 16.2. The second-order valence-electron chi connectivity index (χ2n) is 14.2. The Morgan fingerprint density at radius 1 is 0.685 bits per heavy atom. The van der Waals surface area contributed by atoms with Crippen LogP contribution >= 0.6 is 11.6 Å². The van der Waals surface area contributed by atoms with Crippen LogP contribution in [0.25, 0.3) is 11.1 Å². The maximum absolute atomic E-state index is 14.8. The van der Waals surface area contributed by atoms with E-state index in [1.807, 2.05) is 104 Å². The van der Waals surface area contributed by atoms with Crippen molar-refractivity contribution in [2.45, 2.75) is 57.6 Å². The van der Waals surface area contributed by atoms with Gasteiger partial charge in [-0.2, -0.15) is 0 Å². The van der Waals surface area contributed by atoms with E-state index >= 15 is 0 Å². The first kappa shape index (κ1) is 36.7. The number of alkyl carbamates (subject to hydrolysis) is 1. The number of hydrogen-bond donors (Lipinski definition) is 1. The van der Waals surface area contributed by atoms with Crippen LogP contribution in [-0.2, 0) is 26.3 Å². The summed E-state index contributed by atoms with van der Waals surface area (Å²) in [6, 6.07) is 46.8. The van der Waals surface area contributed by atoms with E-state index in [-0.39, 0.29) is 12.5 Å². The molecule has 1 N–H and O–H groups in total. The number of hydrogen-bond acceptors (Lipinski definition) is 4. The van der Waals surface area contributed by atoms with Crippen LogP contribution in [0.2, 0.25) is 5.02 Å². The van der Waals surface area contributed by atoms with Crippen molar-refractivity contribution >= 4 is 23.7 Å². The molecule has 6 aromatic rings. The van der Waals surface area contributed by atoms with Gasteiger partial charge in [-0.1, -0.05) is 168 Å². The Morgan fingerprint density at radius 2 is 1.26 bits per heavy atom. The summed E-state index contributed by atoms with van der Waals surface area (Å²) in [5, 5.41) is 3.38. The van der Waals surface area contributed by atoms with E-state index < -0.39 is 23.7 Å². The molecule has 1 amide bonds. The summed E-state index contributed by atoms with van der Waals surface area (Å²) < 4.78 is 12.8. The Labute approximate surface area is 322 Å². The van der Waals surface area contributed by atoms with Gasteiger partial charge >= 0.3 is 12.1 Å². The summed E-state index contributed by atoms with van der Waals surface area (Å²) in [6.45, 7) is 6.30. The Bertz CT molecular complexity index is 2200. The lowest BCUT2D eigenvalue weighted by Crippen LogP contribution is -2.46. The third-order valence-electron chi connectivity index (χ3n) is 10.3. The van der Waals surface area contributed by atoms with Crippen LogP contribution in [-0.4, -0.2) is 24.7 Å². The molecule has 0 saturated carbocycles. The predicted molar refractivity (Wildman–Crippen MR) is 216 cm³/mol. The summed E-state index contributed by atoms with van der Waals surface area (Å²) in [4.78, 5) is 28.6. The minimum atomic E-state index is -1.42. The van der Waals surface area contributed by atoms with Gasteiger partial charge in [0.2, 0.25) is 0 Å². The first-order valence-electron chi connectivity index (χ1n) is 18.5. The van der Waals surface area contributed by atoms with Gasteiger partial charge in [-0.15, -0.1) is 0 Å². The number of halogens is 1. The maximum atomic E-state index is 14.8. The largest absolute Gasteiger partial charge is 0.449 e. The van der Waals surface area contributed by atoms with Crippen LogP contribution in [0.3, 0.4) is 0 Å². The third kappa shape index (κ3) is 7.69. The van der Waals surface area contributed by atoms with Crippen molar-refractivity contribution in [1.29, 1.82) is 0 Å². The zero-order chi connectivity index (χ0) is 37.7. The number of aryl methyl sites for hydroxylation is 4. The molecule has 0 radical (unpaired) electrons. The van der Waals surface area contributed by atoms with Gasteiger partial charge < -0.3 is 14.8 Å². The summed E-state index contributed by atoms with van der Waals surface area (Å²) in [5.74, 6) is -0.709. The van der Waals surface area contributed by atoms with Crippen molar-refractivity contribution in [1.82, 2.24) is 5.32 Å². The minimum absolute atomic E-state index is 0.120. The van der Waals surface area contributed by atoms with Gasteiger partial charge in [0, 0.05) is 27.6 Å². The van der Waals surface area contributed by atoms with Gasteiger partial charge in [0.15, 0.2) is 5.60 Å². The van der Waals surface area contributed by atoms with Gasteiger partial charge in [0.1, 0.15) is 12.6 Å². The minimum Gasteiger partial charge on any atom is -0.449 e. The van der Waals surface area contributed by atoms with E-state index in [0.29, 0.717) is 23.4 Å². The normalized spacial score (nSPS) is 13.6. The summed E-state index contributed by atoms with van der Waals surface area (Å²) in [7, 11) is 0. The number of ether oxygens (including phenoxy) is 2. The fraction of sp³-hybridized carbons (Fsp3) is 0.208. The highest BCUT2D eigenvalue weighted by atomic mass is 35.5. The Morgan fingerprint density at radius 3 is 1.91 bits per heavy atom. The lowest BCUT2D eigenvalue weighted by molar-refractivity contribution is -0.156. The molecule has 1 aliphatic carbocycles. The molecule has 1 unspecified atom stereocenters. The summed E-state index contributed by atoms with van der Waals surface area (Å²) in [5.41, 5.74) is 9.77. The molecule has 5 nitrogen and oxygen atoms in total. The highest BCUT2D eigenvalue weighted by molar-refractivity contribution is 6.31. The molecule has 0 aliphatic heterocycles. The molecule has 6 aromatic carbocycles. The van der Waals surface area contributed by atoms with Crippen molar-refractivity contribution < 1.29 is 19.1 Å². The van der Waals surface area contributed by atoms with E-state index in [4.69, 9.17) is 21.1 Å². The number of rotatable bonds is 12. The molecule has 7 rings (SSSR count). The van der Waals surface area contributed by atoms with Crippen LogP contribution in [0.15, 0.2) is 146 Å². The first-order valence-corrected chi connectivity index (χ1v) is 18.9. The third-order valence-corrected chi connectivity index (χ3v) is 10.6. The molecule has 272 valence electrons. The Kier molecular flexibility index (Phi) is 11.0. The SMILES string of the molecule is Cc1ccc(C(OC(=O)[C@H](CCCc2cc(C)cc(C)c2)NC(=O)OCC2c3ccccc3-c3ccccc32)(c2ccccc2)c2ccccc2Cl)cc1. The summed E-state index contributed by atoms with van der Waals surface area (Å²) >= 11 is 6.96. The predicted octanol–water partition coefficient (Wildman–Crippen LogP) is 11.0. The van der Waals surface area contributed by atoms with E-state index in [1.54, 1.807) is 6.07 Å². The van der Waals surface area contributed by atoms with Crippen LogP contribution in [0.5, 0.6) is 0 Å². The average Bonchev–Trinajstić information content (AvgIpc) is 3.50. The van der Waals surface area contributed by atoms with Crippen molar-refractivity contribution in [2.75, 3.05) is 6.61 Å². The molecule has 0 bridgehead atoms. The number of amides is 1. The molecule has 6 heteroatoms. The lowest BCUT2D eigenvalue weighted by atomic mass is 9.79. The topological polar surface area (TPSA) is 64.6 Å². The van der Waals surface area contributed by atoms with Gasteiger partial charge in [-0.3, -0.25) is 0 Å². The smallest absolute Gasteiger partial charge is 0.407 e. The monoisotopic (exact) mass is 733 g/mol. The zero-order valence-corrected chi connectivity index (χ0v) is 31.6. The van der Waals surface area contributed by atoms with E-state index in [2.05, 4.69) is 61.6 Å². The Balaban J connectivity index is 1.20. The molecule has 0 saturated heterocycles. The highest BCUT2D eigenvalue weighted by Gasteiger charge is 2.44. The number of benzene rings is 6. The molecular formula is C48H44ClNO4. The van der Waals surface area contributed by atoms with Crippen LogP contribution < -0.4 is 5.32 Å². The number of carbonyl (C=O) groups is 2. The van der Waals surface area contributed by atoms with Crippen LogP contribution in [0.1, 0.15) is 68.8 Å². The quantitative estimate of drug-likeness (QED) is 0.100. The van der Waals surface area contributed by atoms with Crippen LogP contribution in [0, 0.1) is 20.8 Å². The zero-order valence-electron chi connectivity index (χ0n) is 30.9. The average molecular weight is 734 g/mol. The Hall–Kier alpha value is -5.65. The number of nitrogens with one attached hydrogen (secondary N) is 1. The second-order valence-corrected chi connectivity index (χ2v) is 14.6. The summed E-state index contributed by atoms with van der Waals surface area (Å²) in [6.07, 6.45) is 1.01. The van der Waals surface area contributed by atoms with E-state index in [9.17, 15) is 9.59 Å². The molecular weight excluding hydrogens is 690 g/mol. The van der Waals surface area contributed by atoms with Crippen molar-refractivity contribution in [3.05, 3.63) is 201 Å². The number of fused-ring (bicyclic) bond motifs is 3. The molecule has 54 heavy (non-hydrogen) atoms. The first-order chi connectivity index (χ1) is 26.2. The van der Waals surface area contributed by atoms with Gasteiger partial charge in [-0.05, 0) is 73.9 Å². The maximum Gasteiger partial charge on any atom is 0.407 e. The number of carbonyl (C=O) groups excluding carboxylic acids is 2. The molecule has 0 aromatic heterocycles. The van der Waals surface area contributed by atoms with E-state index in [1.165, 1.54) is 16.7 Å². The molecule has 0 heterocycles. The fourth-order valence-corrected chi connectivity index (χ4v) is 8.10. The van der Waals surface area contributed by atoms with Crippen molar-refractivity contribution in [3.8, 4) is 11.1 Å². The highest BCUT2D eigenvalue weighted by Crippen LogP contribution is 2.45. The van der Waals surface area contributed by atoms with Gasteiger partial charge in [0.05, 0.1) is 0 Å². The molecule has 2 atom stereocenters. The van der Waals surface area contributed by atoms with Gasteiger partial charge in [0.25, 0.3) is 0 Å². The van der Waals surface area contributed by atoms with E-state index in [0.717, 1.165) is 45.4 Å². The molecule has 0 spiro atoms. The van der Waals surface area contributed by atoms with Crippen molar-refractivity contribution in [3.63, 3.8) is 0 Å². The molecule has 0 fully saturated rings. The number of esters is 1. The standard InChI is InChI=1S/C48H44ClNO4/c1-32-24-26-37(27-25-32)48(36-15-5-4-6-16-36,43-21-11-12-22-44(43)49)54-46(51)45(23-13-14-35-29-33(2)28-34(3)30-35)50-47(52)53-31-42-40-19-9-7-17-38(40)39-18-8-10-20-41(39)42/h4-12,15-22,24-30,42,45H,13-14,23,31H2,1-3H3,(H,50,52)/t45-,48?/m0/s1. The van der Waals surface area contributed by atoms with Crippen LogP contribution in [0.4, 0.5) is 4.79 Å². The van der Waals surface area contributed by atoms with Gasteiger partial charge in [-0.25, -0.2) is 9.59 Å².